The molecule has 1 aliphatic heterocycles. The first-order valence-electron chi connectivity index (χ1n) is 5.57. The normalized spacial score (nSPS) is 23.7. The Morgan fingerprint density at radius 2 is 2.40 bits per heavy atom. The summed E-state index contributed by atoms with van der Waals surface area (Å²) in [5, 5.41) is 3.24. The van der Waals surface area contributed by atoms with Crippen molar-refractivity contribution in [2.24, 2.45) is 0 Å². The summed E-state index contributed by atoms with van der Waals surface area (Å²) in [4.78, 5) is 3.99. The molecule has 1 aromatic rings. The van der Waals surface area contributed by atoms with Gasteiger partial charge in [-0.15, -0.1) is 0 Å². The van der Waals surface area contributed by atoms with Crippen LogP contribution in [0.1, 0.15) is 36.6 Å². The van der Waals surface area contributed by atoms with Crippen molar-refractivity contribution < 1.29 is 4.39 Å². The molecule has 1 aliphatic rings. The quantitative estimate of drug-likeness (QED) is 0.808. The maximum Gasteiger partial charge on any atom is 0.142 e. The molecule has 2 nitrogen and oxygen atoms in total. The van der Waals surface area contributed by atoms with E-state index in [1.807, 2.05) is 13.0 Å². The van der Waals surface area contributed by atoms with Gasteiger partial charge >= 0.3 is 0 Å². The monoisotopic (exact) mass is 208 g/mol. The Labute approximate surface area is 89.9 Å². The summed E-state index contributed by atoms with van der Waals surface area (Å²) in [6.45, 7) is 2.87. The lowest BCUT2D eigenvalue weighted by molar-refractivity contribution is 0.220. The van der Waals surface area contributed by atoms with Crippen LogP contribution in [0, 0.1) is 6.92 Å². The zero-order valence-electron chi connectivity index (χ0n) is 9.04. The largest absolute Gasteiger partial charge is 0.311 e. The maximum atomic E-state index is 14.2. The second-order valence-corrected chi connectivity index (χ2v) is 4.19. The third-order valence-electron chi connectivity index (χ3n) is 3.08. The number of hydrogen-bond acceptors (Lipinski definition) is 2. The summed E-state index contributed by atoms with van der Waals surface area (Å²) in [6.07, 6.45) is 5.65. The molecule has 0 saturated carbocycles. The van der Waals surface area contributed by atoms with E-state index in [1.54, 1.807) is 12.4 Å². The Kier molecular flexibility index (Phi) is 3.31. The molecule has 0 bridgehead atoms. The van der Waals surface area contributed by atoms with Crippen LogP contribution in [0.25, 0.3) is 0 Å². The third-order valence-corrected chi connectivity index (χ3v) is 3.08. The second kappa shape index (κ2) is 4.71. The fourth-order valence-corrected chi connectivity index (χ4v) is 2.11. The summed E-state index contributed by atoms with van der Waals surface area (Å²) in [5.74, 6) is 0. The molecule has 0 radical (unpaired) electrons. The molecule has 0 aromatic carbocycles. The highest BCUT2D eigenvalue weighted by Crippen LogP contribution is 2.27. The number of alkyl halides is 1. The van der Waals surface area contributed by atoms with Crippen LogP contribution in [-0.4, -0.2) is 17.6 Å². The Balaban J connectivity index is 2.12. The van der Waals surface area contributed by atoms with Gasteiger partial charge in [0.15, 0.2) is 0 Å². The Hall–Kier alpha value is -0.960. The Bertz CT molecular complexity index is 321. The van der Waals surface area contributed by atoms with E-state index in [4.69, 9.17) is 0 Å². The van der Waals surface area contributed by atoms with Gasteiger partial charge in [0.25, 0.3) is 0 Å². The molecule has 2 rings (SSSR count). The van der Waals surface area contributed by atoms with Crippen molar-refractivity contribution in [1.29, 1.82) is 0 Å². The van der Waals surface area contributed by atoms with Gasteiger partial charge in [0.2, 0.25) is 0 Å². The molecular weight excluding hydrogens is 191 g/mol. The lowest BCUT2D eigenvalue weighted by Crippen LogP contribution is -2.37. The van der Waals surface area contributed by atoms with Crippen molar-refractivity contribution in [2.45, 2.75) is 38.4 Å². The molecule has 1 fully saturated rings. The van der Waals surface area contributed by atoms with Gasteiger partial charge in [0, 0.05) is 24.0 Å². The van der Waals surface area contributed by atoms with Crippen LogP contribution in [0.5, 0.6) is 0 Å². The van der Waals surface area contributed by atoms with E-state index >= 15 is 0 Å². The smallest absolute Gasteiger partial charge is 0.142 e. The fraction of sp³-hybridized carbons (Fsp3) is 0.583. The predicted octanol–water partition coefficient (Wildman–Crippen LogP) is 2.54. The van der Waals surface area contributed by atoms with E-state index in [0.29, 0.717) is 0 Å². The van der Waals surface area contributed by atoms with Crippen LogP contribution in [0.15, 0.2) is 18.5 Å². The standard InChI is InChI=1S/C12H17FN2/c1-9-5-7-14-8-10(9)12(13)11-4-2-3-6-15-11/h5,7-8,11-12,15H,2-4,6H2,1H3. The zero-order valence-corrected chi connectivity index (χ0v) is 9.04. The van der Waals surface area contributed by atoms with E-state index in [2.05, 4.69) is 10.3 Å². The van der Waals surface area contributed by atoms with E-state index in [-0.39, 0.29) is 6.04 Å². The number of aromatic nitrogens is 1. The molecule has 1 N–H and O–H groups in total. The fourth-order valence-electron chi connectivity index (χ4n) is 2.11. The Morgan fingerprint density at radius 1 is 1.53 bits per heavy atom. The van der Waals surface area contributed by atoms with Crippen LogP contribution in [-0.2, 0) is 0 Å². The van der Waals surface area contributed by atoms with Gasteiger partial charge in [-0.1, -0.05) is 6.42 Å². The topological polar surface area (TPSA) is 24.9 Å². The highest BCUT2D eigenvalue weighted by atomic mass is 19.1. The number of hydrogen-bond donors (Lipinski definition) is 1. The SMILES string of the molecule is Cc1ccncc1C(F)C1CCCCN1. The molecule has 2 unspecified atom stereocenters. The molecule has 15 heavy (non-hydrogen) atoms. The van der Waals surface area contributed by atoms with Crippen molar-refractivity contribution in [3.05, 3.63) is 29.6 Å². The number of halogens is 1. The van der Waals surface area contributed by atoms with Gasteiger partial charge < -0.3 is 5.32 Å². The van der Waals surface area contributed by atoms with Crippen molar-refractivity contribution in [3.63, 3.8) is 0 Å². The maximum absolute atomic E-state index is 14.2. The summed E-state index contributed by atoms with van der Waals surface area (Å²) in [7, 11) is 0. The van der Waals surface area contributed by atoms with Crippen LogP contribution in [0.2, 0.25) is 0 Å². The molecule has 1 saturated heterocycles. The number of piperidine rings is 1. The molecule has 0 spiro atoms. The second-order valence-electron chi connectivity index (χ2n) is 4.19. The molecule has 0 aliphatic carbocycles. The first-order valence-corrected chi connectivity index (χ1v) is 5.57. The lowest BCUT2D eigenvalue weighted by atomic mass is 9.95. The summed E-state index contributed by atoms with van der Waals surface area (Å²) in [5.41, 5.74) is 1.72. The first-order chi connectivity index (χ1) is 7.29. The van der Waals surface area contributed by atoms with Crippen LogP contribution < -0.4 is 5.32 Å². The molecular formula is C12H17FN2. The molecule has 1 aromatic heterocycles. The van der Waals surface area contributed by atoms with E-state index < -0.39 is 6.17 Å². The average Bonchev–Trinajstić information content (AvgIpc) is 2.30. The molecule has 2 atom stereocenters. The summed E-state index contributed by atoms with van der Waals surface area (Å²) in [6, 6.07) is 1.84. The number of aryl methyl sites for hydroxylation is 1. The predicted molar refractivity (Wildman–Crippen MR) is 58.5 cm³/mol. The van der Waals surface area contributed by atoms with Crippen molar-refractivity contribution in [2.75, 3.05) is 6.54 Å². The average molecular weight is 208 g/mol. The van der Waals surface area contributed by atoms with Crippen molar-refractivity contribution >= 4 is 0 Å². The van der Waals surface area contributed by atoms with Gasteiger partial charge in [0.1, 0.15) is 6.17 Å². The highest BCUT2D eigenvalue weighted by molar-refractivity contribution is 5.25. The van der Waals surface area contributed by atoms with E-state index in [1.165, 1.54) is 0 Å². The van der Waals surface area contributed by atoms with Crippen LogP contribution >= 0.6 is 0 Å². The molecule has 3 heteroatoms. The lowest BCUT2D eigenvalue weighted by Gasteiger charge is -2.27. The van der Waals surface area contributed by atoms with Gasteiger partial charge in [-0.05, 0) is 37.9 Å². The summed E-state index contributed by atoms with van der Waals surface area (Å²) < 4.78 is 14.2. The van der Waals surface area contributed by atoms with Crippen molar-refractivity contribution in [1.82, 2.24) is 10.3 Å². The third kappa shape index (κ3) is 2.34. The van der Waals surface area contributed by atoms with Gasteiger partial charge in [-0.25, -0.2) is 4.39 Å². The minimum atomic E-state index is -0.918. The first kappa shape index (κ1) is 10.6. The van der Waals surface area contributed by atoms with E-state index in [9.17, 15) is 4.39 Å². The minimum Gasteiger partial charge on any atom is -0.311 e. The van der Waals surface area contributed by atoms with Crippen molar-refractivity contribution in [3.8, 4) is 0 Å². The minimum absolute atomic E-state index is 0.0263. The Morgan fingerprint density at radius 3 is 3.07 bits per heavy atom. The zero-order chi connectivity index (χ0) is 10.7. The number of nitrogens with one attached hydrogen (secondary N) is 1. The molecule has 0 amide bonds. The van der Waals surface area contributed by atoms with E-state index in [0.717, 1.165) is 36.9 Å². The number of pyridine rings is 1. The molecule has 2 heterocycles. The van der Waals surface area contributed by atoms with Gasteiger partial charge in [-0.2, -0.15) is 0 Å². The molecule has 82 valence electrons. The van der Waals surface area contributed by atoms with Gasteiger partial charge in [-0.3, -0.25) is 4.98 Å². The van der Waals surface area contributed by atoms with Gasteiger partial charge in [0.05, 0.1) is 0 Å². The number of nitrogens with zero attached hydrogens (tertiary/aromatic N) is 1. The summed E-state index contributed by atoms with van der Waals surface area (Å²) >= 11 is 0. The van der Waals surface area contributed by atoms with Crippen LogP contribution in [0.4, 0.5) is 4.39 Å². The van der Waals surface area contributed by atoms with Crippen LogP contribution in [0.3, 0.4) is 0 Å². The highest BCUT2D eigenvalue weighted by Gasteiger charge is 2.25. The number of rotatable bonds is 2.